The van der Waals surface area contributed by atoms with Crippen molar-refractivity contribution in [2.45, 2.75) is 70.8 Å². The summed E-state index contributed by atoms with van der Waals surface area (Å²) < 4.78 is 6.28. The molecule has 1 unspecified atom stereocenters. The average molecular weight is 344 g/mol. The Balaban J connectivity index is 2.16. The molecule has 25 heavy (non-hydrogen) atoms. The van der Waals surface area contributed by atoms with Gasteiger partial charge in [-0.15, -0.1) is 0 Å². The van der Waals surface area contributed by atoms with Gasteiger partial charge in [0, 0.05) is 17.4 Å². The number of benzene rings is 1. The summed E-state index contributed by atoms with van der Waals surface area (Å²) in [6.07, 6.45) is 4.55. The highest BCUT2D eigenvalue weighted by Gasteiger charge is 2.46. The van der Waals surface area contributed by atoms with E-state index in [0.717, 1.165) is 18.4 Å². The van der Waals surface area contributed by atoms with E-state index in [1.165, 1.54) is 5.57 Å². The lowest BCUT2D eigenvalue weighted by atomic mass is 9.66. The first-order valence-electron chi connectivity index (χ1n) is 9.05. The summed E-state index contributed by atoms with van der Waals surface area (Å²) in [5.41, 5.74) is 1.36. The van der Waals surface area contributed by atoms with Gasteiger partial charge in [-0.05, 0) is 64.7 Å². The van der Waals surface area contributed by atoms with Crippen LogP contribution in [0.15, 0.2) is 23.8 Å². The van der Waals surface area contributed by atoms with Crippen LogP contribution in [0.3, 0.4) is 0 Å². The molecule has 136 valence electrons. The molecule has 1 aliphatic heterocycles. The smallest absolute Gasteiger partial charge is 0.313 e. The minimum Gasteiger partial charge on any atom is -0.508 e. The standard InChI is InChI=1S/C21H28O4/c1-6-21(5,19(23)24)13-10-16(22)18-14-9-12(2)7-8-15(14)20(3,4)25-17(18)11-13/h7,10-11,14-15,22H,6,8-9H2,1-5H3,(H,23,24)/t14-,15-,21?/m1/s1. The number of phenolic OH excluding ortho intramolecular Hbond substituents is 1. The third-order valence-corrected chi connectivity index (χ3v) is 6.32. The summed E-state index contributed by atoms with van der Waals surface area (Å²) >= 11 is 0. The lowest BCUT2D eigenvalue weighted by Gasteiger charge is -2.47. The second kappa shape index (κ2) is 5.79. The minimum atomic E-state index is -1.04. The van der Waals surface area contributed by atoms with Crippen molar-refractivity contribution in [1.82, 2.24) is 0 Å². The monoisotopic (exact) mass is 344 g/mol. The predicted molar refractivity (Wildman–Crippen MR) is 97.3 cm³/mol. The summed E-state index contributed by atoms with van der Waals surface area (Å²) in [5.74, 6) is 0.414. The van der Waals surface area contributed by atoms with Gasteiger partial charge in [0.15, 0.2) is 0 Å². The van der Waals surface area contributed by atoms with Crippen LogP contribution in [0, 0.1) is 5.92 Å². The van der Waals surface area contributed by atoms with Crippen LogP contribution in [-0.4, -0.2) is 21.8 Å². The largest absolute Gasteiger partial charge is 0.508 e. The number of carboxylic acids is 1. The molecule has 1 aliphatic carbocycles. The van der Waals surface area contributed by atoms with E-state index in [4.69, 9.17) is 4.74 Å². The highest BCUT2D eigenvalue weighted by molar-refractivity contribution is 5.81. The first kappa shape index (κ1) is 17.8. The van der Waals surface area contributed by atoms with Crippen molar-refractivity contribution >= 4 is 5.97 Å². The molecule has 0 saturated heterocycles. The number of rotatable bonds is 3. The zero-order chi connectivity index (χ0) is 18.6. The molecule has 4 heteroatoms. The van der Waals surface area contributed by atoms with E-state index < -0.39 is 11.4 Å². The number of aliphatic carboxylic acids is 1. The van der Waals surface area contributed by atoms with Crippen LogP contribution in [0.25, 0.3) is 0 Å². The fourth-order valence-corrected chi connectivity index (χ4v) is 4.36. The zero-order valence-corrected chi connectivity index (χ0v) is 15.7. The molecule has 2 N–H and O–H groups in total. The molecule has 0 bridgehead atoms. The number of hydrogen-bond donors (Lipinski definition) is 2. The van der Waals surface area contributed by atoms with Crippen molar-refractivity contribution in [3.05, 3.63) is 34.9 Å². The number of fused-ring (bicyclic) bond motifs is 3. The van der Waals surface area contributed by atoms with Gasteiger partial charge in [0.2, 0.25) is 0 Å². The van der Waals surface area contributed by atoms with Gasteiger partial charge in [0.1, 0.15) is 17.1 Å². The van der Waals surface area contributed by atoms with Crippen LogP contribution in [-0.2, 0) is 10.2 Å². The molecule has 3 atom stereocenters. The lowest BCUT2D eigenvalue weighted by Crippen LogP contribution is -2.45. The van der Waals surface area contributed by atoms with Crippen molar-refractivity contribution in [3.63, 3.8) is 0 Å². The first-order valence-corrected chi connectivity index (χ1v) is 9.05. The van der Waals surface area contributed by atoms with Crippen LogP contribution >= 0.6 is 0 Å². The van der Waals surface area contributed by atoms with E-state index in [9.17, 15) is 15.0 Å². The van der Waals surface area contributed by atoms with E-state index in [-0.39, 0.29) is 17.3 Å². The van der Waals surface area contributed by atoms with Crippen LogP contribution < -0.4 is 4.74 Å². The van der Waals surface area contributed by atoms with Crippen LogP contribution in [0.1, 0.15) is 70.9 Å². The molecule has 0 radical (unpaired) electrons. The molecule has 3 rings (SSSR count). The summed E-state index contributed by atoms with van der Waals surface area (Å²) in [4.78, 5) is 11.8. The molecule has 1 heterocycles. The van der Waals surface area contributed by atoms with Gasteiger partial charge >= 0.3 is 5.97 Å². The van der Waals surface area contributed by atoms with E-state index >= 15 is 0 Å². The molecule has 1 aromatic rings. The quantitative estimate of drug-likeness (QED) is 0.776. The van der Waals surface area contributed by atoms with Crippen LogP contribution in [0.4, 0.5) is 0 Å². The summed E-state index contributed by atoms with van der Waals surface area (Å²) in [6.45, 7) is 9.84. The Bertz CT molecular complexity index is 747. The van der Waals surface area contributed by atoms with Crippen molar-refractivity contribution < 1.29 is 19.7 Å². The van der Waals surface area contributed by atoms with Crippen molar-refractivity contribution in [3.8, 4) is 11.5 Å². The Kier molecular flexibility index (Phi) is 4.13. The van der Waals surface area contributed by atoms with Gasteiger partial charge in [0.25, 0.3) is 0 Å². The van der Waals surface area contributed by atoms with E-state index in [1.807, 2.05) is 13.0 Å². The lowest BCUT2D eigenvalue weighted by molar-refractivity contribution is -0.143. The SMILES string of the molecule is CCC(C)(C(=O)O)c1cc(O)c2c(c1)OC(C)(C)[C@@H]1CC=C(C)C[C@@H]21. The van der Waals surface area contributed by atoms with Gasteiger partial charge < -0.3 is 14.9 Å². The van der Waals surface area contributed by atoms with E-state index in [1.54, 1.807) is 13.0 Å². The molecule has 0 fully saturated rings. The van der Waals surface area contributed by atoms with Crippen LogP contribution in [0.5, 0.6) is 11.5 Å². The number of aromatic hydroxyl groups is 1. The zero-order valence-electron chi connectivity index (χ0n) is 15.7. The first-order chi connectivity index (χ1) is 11.6. The van der Waals surface area contributed by atoms with Gasteiger partial charge in [-0.2, -0.15) is 0 Å². The highest BCUT2D eigenvalue weighted by atomic mass is 16.5. The normalized spacial score (nSPS) is 26.5. The number of phenols is 1. The molecule has 4 nitrogen and oxygen atoms in total. The van der Waals surface area contributed by atoms with Gasteiger partial charge in [-0.25, -0.2) is 0 Å². The van der Waals surface area contributed by atoms with Gasteiger partial charge in [-0.3, -0.25) is 4.79 Å². The maximum atomic E-state index is 11.8. The third kappa shape index (κ3) is 2.72. The van der Waals surface area contributed by atoms with Crippen molar-refractivity contribution in [1.29, 1.82) is 0 Å². The molecule has 0 spiro atoms. The number of ether oxygens (including phenoxy) is 1. The molecular weight excluding hydrogens is 316 g/mol. The number of allylic oxidation sites excluding steroid dienone is 2. The molecule has 0 saturated carbocycles. The molecule has 2 aliphatic rings. The Labute approximate surface area is 149 Å². The number of carbonyl (C=O) groups is 1. The number of carboxylic acid groups (broad SMARTS) is 1. The van der Waals surface area contributed by atoms with Gasteiger partial charge in [-0.1, -0.05) is 18.6 Å². The molecule has 0 amide bonds. The summed E-state index contributed by atoms with van der Waals surface area (Å²) in [6, 6.07) is 3.46. The Morgan fingerprint density at radius 1 is 1.40 bits per heavy atom. The fourth-order valence-electron chi connectivity index (χ4n) is 4.36. The Morgan fingerprint density at radius 2 is 2.08 bits per heavy atom. The Morgan fingerprint density at radius 3 is 2.68 bits per heavy atom. The second-order valence-electron chi connectivity index (χ2n) is 8.31. The molecule has 0 aromatic heterocycles. The van der Waals surface area contributed by atoms with Crippen LogP contribution in [0.2, 0.25) is 0 Å². The Hall–Kier alpha value is -1.97. The third-order valence-electron chi connectivity index (χ3n) is 6.32. The van der Waals surface area contributed by atoms with Gasteiger partial charge in [0.05, 0.1) is 5.41 Å². The predicted octanol–water partition coefficient (Wildman–Crippen LogP) is 4.76. The minimum absolute atomic E-state index is 0.161. The summed E-state index contributed by atoms with van der Waals surface area (Å²) in [7, 11) is 0. The fraction of sp³-hybridized carbons (Fsp3) is 0.571. The van der Waals surface area contributed by atoms with E-state index in [2.05, 4.69) is 26.8 Å². The van der Waals surface area contributed by atoms with Crippen molar-refractivity contribution in [2.24, 2.45) is 5.92 Å². The molecular formula is C21H28O4. The summed E-state index contributed by atoms with van der Waals surface area (Å²) in [5, 5.41) is 20.5. The van der Waals surface area contributed by atoms with Crippen molar-refractivity contribution in [2.75, 3.05) is 0 Å². The second-order valence-corrected chi connectivity index (χ2v) is 8.31. The van der Waals surface area contributed by atoms with E-state index in [0.29, 0.717) is 23.7 Å². The average Bonchev–Trinajstić information content (AvgIpc) is 2.52. The topological polar surface area (TPSA) is 66.8 Å². The maximum Gasteiger partial charge on any atom is 0.313 e. The highest BCUT2D eigenvalue weighted by Crippen LogP contribution is 2.54. The molecule has 1 aromatic carbocycles. The number of hydrogen-bond acceptors (Lipinski definition) is 3. The maximum absolute atomic E-state index is 11.8.